The monoisotopic (exact) mass is 253 g/mol. The summed E-state index contributed by atoms with van der Waals surface area (Å²) in [5, 5.41) is 0. The third-order valence-electron chi connectivity index (χ3n) is 4.92. The van der Waals surface area contributed by atoms with Crippen LogP contribution in [0.25, 0.3) is 0 Å². The summed E-state index contributed by atoms with van der Waals surface area (Å²) in [6.07, 6.45) is 2.71. The maximum Gasteiger partial charge on any atom is 0.0192 e. The van der Waals surface area contributed by atoms with Crippen LogP contribution in [0.1, 0.15) is 40.5 Å². The summed E-state index contributed by atoms with van der Waals surface area (Å²) in [5.74, 6) is 0. The Balaban J connectivity index is 1.83. The molecule has 0 N–H and O–H groups in total. The second-order valence-corrected chi connectivity index (χ2v) is 7.21. The average Bonchev–Trinajstić information content (AvgIpc) is 2.32. The smallest absolute Gasteiger partial charge is 0.0192 e. The maximum atomic E-state index is 2.74. The SMILES string of the molecule is C[C@@H]1CN(C2CCN(C(C)(C)C)CC2)CCN1C. The summed E-state index contributed by atoms with van der Waals surface area (Å²) in [6, 6.07) is 1.55. The van der Waals surface area contributed by atoms with E-state index in [-0.39, 0.29) is 0 Å². The first kappa shape index (κ1) is 14.3. The molecule has 0 saturated carbocycles. The van der Waals surface area contributed by atoms with Gasteiger partial charge in [-0.15, -0.1) is 0 Å². The summed E-state index contributed by atoms with van der Waals surface area (Å²) in [7, 11) is 2.25. The number of piperidine rings is 1. The highest BCUT2D eigenvalue weighted by atomic mass is 15.3. The summed E-state index contributed by atoms with van der Waals surface area (Å²) >= 11 is 0. The van der Waals surface area contributed by atoms with Crippen molar-refractivity contribution in [3.8, 4) is 0 Å². The molecule has 106 valence electrons. The summed E-state index contributed by atoms with van der Waals surface area (Å²) in [4.78, 5) is 7.87. The lowest BCUT2D eigenvalue weighted by atomic mass is 9.96. The van der Waals surface area contributed by atoms with Crippen molar-refractivity contribution in [1.82, 2.24) is 14.7 Å². The van der Waals surface area contributed by atoms with Gasteiger partial charge in [0.2, 0.25) is 0 Å². The lowest BCUT2D eigenvalue weighted by Crippen LogP contribution is -2.57. The Morgan fingerprint density at radius 2 is 1.56 bits per heavy atom. The van der Waals surface area contributed by atoms with E-state index in [1.165, 1.54) is 45.6 Å². The van der Waals surface area contributed by atoms with E-state index in [4.69, 9.17) is 0 Å². The Labute approximate surface area is 113 Å². The first-order chi connectivity index (χ1) is 8.38. The van der Waals surface area contributed by atoms with Gasteiger partial charge in [-0.05, 0) is 47.6 Å². The van der Waals surface area contributed by atoms with Gasteiger partial charge in [0.1, 0.15) is 0 Å². The van der Waals surface area contributed by atoms with Crippen LogP contribution in [0.5, 0.6) is 0 Å². The first-order valence-electron chi connectivity index (χ1n) is 7.57. The number of piperazine rings is 1. The molecule has 0 spiro atoms. The minimum absolute atomic E-state index is 0.348. The van der Waals surface area contributed by atoms with Gasteiger partial charge in [0.05, 0.1) is 0 Å². The summed E-state index contributed by atoms with van der Waals surface area (Å²) < 4.78 is 0. The molecule has 1 atom stereocenters. The molecule has 0 unspecified atom stereocenters. The van der Waals surface area contributed by atoms with E-state index in [9.17, 15) is 0 Å². The van der Waals surface area contributed by atoms with Crippen molar-refractivity contribution < 1.29 is 0 Å². The highest BCUT2D eigenvalue weighted by Gasteiger charge is 2.32. The predicted molar refractivity (Wildman–Crippen MR) is 78.0 cm³/mol. The van der Waals surface area contributed by atoms with Gasteiger partial charge in [0.25, 0.3) is 0 Å². The molecule has 2 saturated heterocycles. The molecule has 0 radical (unpaired) electrons. The standard InChI is InChI=1S/C15H31N3/c1-13-12-17(11-10-16(13)5)14-6-8-18(9-7-14)15(2,3)4/h13-14H,6-12H2,1-5H3/t13-/m1/s1. The van der Waals surface area contributed by atoms with Crippen LogP contribution in [0.4, 0.5) is 0 Å². The van der Waals surface area contributed by atoms with E-state index in [0.717, 1.165) is 12.1 Å². The molecular weight excluding hydrogens is 222 g/mol. The van der Waals surface area contributed by atoms with Gasteiger partial charge in [-0.3, -0.25) is 9.80 Å². The number of likely N-dealkylation sites (tertiary alicyclic amines) is 1. The van der Waals surface area contributed by atoms with Crippen molar-refractivity contribution in [2.75, 3.05) is 39.8 Å². The van der Waals surface area contributed by atoms with E-state index in [1.807, 2.05) is 0 Å². The number of nitrogens with zero attached hydrogens (tertiary/aromatic N) is 3. The zero-order valence-electron chi connectivity index (χ0n) is 12.9. The summed E-state index contributed by atoms with van der Waals surface area (Å²) in [5.41, 5.74) is 0.348. The molecule has 2 aliphatic rings. The van der Waals surface area contributed by atoms with Crippen molar-refractivity contribution in [1.29, 1.82) is 0 Å². The number of hydrogen-bond donors (Lipinski definition) is 0. The summed E-state index contributed by atoms with van der Waals surface area (Å²) in [6.45, 7) is 15.7. The van der Waals surface area contributed by atoms with Crippen molar-refractivity contribution in [3.63, 3.8) is 0 Å². The van der Waals surface area contributed by atoms with Crippen LogP contribution >= 0.6 is 0 Å². The Hall–Kier alpha value is -0.120. The molecule has 2 rings (SSSR count). The van der Waals surface area contributed by atoms with Gasteiger partial charge in [-0.1, -0.05) is 0 Å². The predicted octanol–water partition coefficient (Wildman–Crippen LogP) is 1.89. The molecule has 3 heteroatoms. The Bertz CT molecular complexity index is 263. The maximum absolute atomic E-state index is 2.74. The molecule has 0 aromatic carbocycles. The Morgan fingerprint density at radius 3 is 2.06 bits per heavy atom. The average molecular weight is 253 g/mol. The van der Waals surface area contributed by atoms with Crippen molar-refractivity contribution in [3.05, 3.63) is 0 Å². The fraction of sp³-hybridized carbons (Fsp3) is 1.00. The molecule has 0 aromatic rings. The number of hydrogen-bond acceptors (Lipinski definition) is 3. The van der Waals surface area contributed by atoms with Crippen molar-refractivity contribution >= 4 is 0 Å². The minimum atomic E-state index is 0.348. The third-order valence-corrected chi connectivity index (χ3v) is 4.92. The zero-order valence-corrected chi connectivity index (χ0v) is 12.9. The van der Waals surface area contributed by atoms with Crippen LogP contribution in [0.15, 0.2) is 0 Å². The molecule has 0 amide bonds. The topological polar surface area (TPSA) is 9.72 Å². The normalized spacial score (nSPS) is 30.8. The fourth-order valence-electron chi connectivity index (χ4n) is 3.31. The van der Waals surface area contributed by atoms with Crippen LogP contribution in [0.2, 0.25) is 0 Å². The fourth-order valence-corrected chi connectivity index (χ4v) is 3.31. The van der Waals surface area contributed by atoms with Gasteiger partial charge in [-0.2, -0.15) is 0 Å². The van der Waals surface area contributed by atoms with E-state index in [0.29, 0.717) is 5.54 Å². The molecule has 2 heterocycles. The van der Waals surface area contributed by atoms with Crippen LogP contribution in [0, 0.1) is 0 Å². The van der Waals surface area contributed by atoms with Crippen molar-refractivity contribution in [2.45, 2.75) is 58.2 Å². The molecule has 0 aliphatic carbocycles. The minimum Gasteiger partial charge on any atom is -0.301 e. The van der Waals surface area contributed by atoms with E-state index in [1.54, 1.807) is 0 Å². The second-order valence-electron chi connectivity index (χ2n) is 7.21. The second kappa shape index (κ2) is 5.48. The molecule has 0 bridgehead atoms. The zero-order chi connectivity index (χ0) is 13.3. The van der Waals surface area contributed by atoms with Crippen LogP contribution < -0.4 is 0 Å². The van der Waals surface area contributed by atoms with Gasteiger partial charge in [0.15, 0.2) is 0 Å². The quantitative estimate of drug-likeness (QED) is 0.706. The highest BCUT2D eigenvalue weighted by molar-refractivity contribution is 4.88. The molecular formula is C15H31N3. The van der Waals surface area contributed by atoms with E-state index in [2.05, 4.69) is 49.4 Å². The van der Waals surface area contributed by atoms with Gasteiger partial charge in [0, 0.05) is 50.3 Å². The Kier molecular flexibility index (Phi) is 4.35. The third kappa shape index (κ3) is 3.25. The van der Waals surface area contributed by atoms with Gasteiger partial charge < -0.3 is 4.90 Å². The lowest BCUT2D eigenvalue weighted by Gasteiger charge is -2.47. The molecule has 2 fully saturated rings. The number of rotatable bonds is 1. The van der Waals surface area contributed by atoms with Crippen LogP contribution in [-0.2, 0) is 0 Å². The van der Waals surface area contributed by atoms with Crippen LogP contribution in [-0.4, -0.2) is 72.1 Å². The first-order valence-corrected chi connectivity index (χ1v) is 7.57. The van der Waals surface area contributed by atoms with Crippen molar-refractivity contribution in [2.24, 2.45) is 0 Å². The molecule has 0 aromatic heterocycles. The molecule has 18 heavy (non-hydrogen) atoms. The Morgan fingerprint density at radius 1 is 0.944 bits per heavy atom. The van der Waals surface area contributed by atoms with Gasteiger partial charge >= 0.3 is 0 Å². The van der Waals surface area contributed by atoms with Crippen LogP contribution in [0.3, 0.4) is 0 Å². The van der Waals surface area contributed by atoms with E-state index >= 15 is 0 Å². The van der Waals surface area contributed by atoms with E-state index < -0.39 is 0 Å². The number of likely N-dealkylation sites (N-methyl/N-ethyl adjacent to an activating group) is 1. The molecule has 3 nitrogen and oxygen atoms in total. The highest BCUT2D eigenvalue weighted by Crippen LogP contribution is 2.24. The molecule has 2 aliphatic heterocycles. The van der Waals surface area contributed by atoms with Gasteiger partial charge in [-0.25, -0.2) is 0 Å². The largest absolute Gasteiger partial charge is 0.301 e. The lowest BCUT2D eigenvalue weighted by molar-refractivity contribution is 0.0212.